The zero-order valence-electron chi connectivity index (χ0n) is 18.8. The predicted molar refractivity (Wildman–Crippen MR) is 129 cm³/mol. The molecule has 0 bridgehead atoms. The number of para-hydroxylation sites is 1. The van der Waals surface area contributed by atoms with Gasteiger partial charge in [0.2, 0.25) is 5.76 Å². The summed E-state index contributed by atoms with van der Waals surface area (Å²) in [5, 5.41) is 0.113. The topological polar surface area (TPSA) is 59.8 Å². The average Bonchev–Trinajstić information content (AvgIpc) is 3.16. The van der Waals surface area contributed by atoms with Gasteiger partial charge in [-0.25, -0.2) is 4.39 Å². The van der Waals surface area contributed by atoms with Crippen molar-refractivity contribution in [2.45, 2.75) is 32.2 Å². The zero-order valence-corrected chi connectivity index (χ0v) is 18.8. The number of carbonyl (C=O) groups is 1. The van der Waals surface area contributed by atoms with Gasteiger partial charge in [-0.1, -0.05) is 50.1 Å². The molecule has 34 heavy (non-hydrogen) atoms. The van der Waals surface area contributed by atoms with Crippen LogP contribution in [0.3, 0.4) is 0 Å². The van der Waals surface area contributed by atoms with E-state index in [2.05, 4.69) is 6.92 Å². The van der Waals surface area contributed by atoms with Crippen molar-refractivity contribution in [2.75, 3.05) is 11.5 Å². The van der Waals surface area contributed by atoms with Crippen LogP contribution in [-0.4, -0.2) is 12.5 Å². The molecule has 6 heteroatoms. The van der Waals surface area contributed by atoms with Gasteiger partial charge >= 0.3 is 0 Å². The van der Waals surface area contributed by atoms with Crippen LogP contribution in [0.1, 0.15) is 53.9 Å². The first-order valence-corrected chi connectivity index (χ1v) is 11.5. The van der Waals surface area contributed by atoms with Crippen molar-refractivity contribution in [2.24, 2.45) is 0 Å². The van der Waals surface area contributed by atoms with Gasteiger partial charge in [-0.3, -0.25) is 14.5 Å². The molecule has 4 aromatic rings. The first kappa shape index (κ1) is 21.9. The fourth-order valence-corrected chi connectivity index (χ4v) is 4.40. The van der Waals surface area contributed by atoms with Crippen LogP contribution in [0.5, 0.6) is 5.75 Å². The Labute approximate surface area is 196 Å². The molecule has 172 valence electrons. The lowest BCUT2D eigenvalue weighted by molar-refractivity contribution is 0.0971. The highest BCUT2D eigenvalue weighted by Gasteiger charge is 2.43. The van der Waals surface area contributed by atoms with Gasteiger partial charge in [0.25, 0.3) is 5.91 Å². The van der Waals surface area contributed by atoms with Crippen LogP contribution in [0.2, 0.25) is 0 Å². The third-order valence-electron chi connectivity index (χ3n) is 6.08. The van der Waals surface area contributed by atoms with Gasteiger partial charge in [-0.05, 0) is 54.4 Å². The second kappa shape index (κ2) is 9.14. The van der Waals surface area contributed by atoms with Crippen molar-refractivity contribution in [3.63, 3.8) is 0 Å². The molecular formula is C28H24FNO4. The van der Waals surface area contributed by atoms with E-state index in [0.29, 0.717) is 12.3 Å². The largest absolute Gasteiger partial charge is 0.494 e. The van der Waals surface area contributed by atoms with Gasteiger partial charge in [-0.2, -0.15) is 0 Å². The van der Waals surface area contributed by atoms with Crippen molar-refractivity contribution in [3.05, 3.63) is 106 Å². The van der Waals surface area contributed by atoms with Gasteiger partial charge in [0.15, 0.2) is 5.43 Å². The van der Waals surface area contributed by atoms with E-state index in [0.717, 1.165) is 36.6 Å². The molecule has 1 aliphatic rings. The molecule has 0 N–H and O–H groups in total. The van der Waals surface area contributed by atoms with Crippen LogP contribution in [-0.2, 0) is 0 Å². The molecule has 5 nitrogen and oxygen atoms in total. The summed E-state index contributed by atoms with van der Waals surface area (Å²) in [5.74, 6) is -0.235. The third kappa shape index (κ3) is 3.85. The van der Waals surface area contributed by atoms with Crippen molar-refractivity contribution in [3.8, 4) is 5.75 Å². The fourth-order valence-electron chi connectivity index (χ4n) is 4.40. The van der Waals surface area contributed by atoms with Gasteiger partial charge in [0, 0.05) is 5.69 Å². The Balaban J connectivity index is 1.62. The molecule has 2 heterocycles. The molecule has 0 fully saturated rings. The Morgan fingerprint density at radius 3 is 2.47 bits per heavy atom. The number of halogens is 1. The van der Waals surface area contributed by atoms with E-state index in [4.69, 9.17) is 9.15 Å². The number of amides is 1. The number of unbranched alkanes of at least 4 members (excludes halogenated alkanes) is 2. The second-order valence-electron chi connectivity index (χ2n) is 8.35. The summed E-state index contributed by atoms with van der Waals surface area (Å²) >= 11 is 0. The molecule has 5 rings (SSSR count). The third-order valence-corrected chi connectivity index (χ3v) is 6.08. The molecule has 1 aliphatic heterocycles. The normalized spacial score (nSPS) is 15.1. The van der Waals surface area contributed by atoms with E-state index in [1.807, 2.05) is 54.6 Å². The average molecular weight is 458 g/mol. The van der Waals surface area contributed by atoms with E-state index in [-0.39, 0.29) is 22.3 Å². The van der Waals surface area contributed by atoms with E-state index in [9.17, 15) is 14.0 Å². The van der Waals surface area contributed by atoms with E-state index in [1.165, 1.54) is 12.1 Å². The van der Waals surface area contributed by atoms with Gasteiger partial charge in [0.1, 0.15) is 17.1 Å². The van der Waals surface area contributed by atoms with Crippen molar-refractivity contribution >= 4 is 22.6 Å². The molecule has 0 spiro atoms. The Morgan fingerprint density at radius 2 is 1.74 bits per heavy atom. The standard InChI is InChI=1S/C28H24FNO4/c1-2-3-7-16-33-21-13-10-18(11-14-21)25-24-26(31)22-17-19(29)12-15-23(22)34-27(24)28(32)30(25)20-8-5-4-6-9-20/h4-6,8-15,17,25H,2-3,7,16H2,1H3. The summed E-state index contributed by atoms with van der Waals surface area (Å²) < 4.78 is 25.6. The monoisotopic (exact) mass is 457 g/mol. The van der Waals surface area contributed by atoms with Crippen LogP contribution in [0.15, 0.2) is 82.0 Å². The maximum Gasteiger partial charge on any atom is 0.295 e. The quantitative estimate of drug-likeness (QED) is 0.308. The molecule has 0 radical (unpaired) electrons. The maximum atomic E-state index is 13.9. The molecule has 1 aromatic heterocycles. The predicted octanol–water partition coefficient (Wildman–Crippen LogP) is 6.25. The Kier molecular flexibility index (Phi) is 5.88. The van der Waals surface area contributed by atoms with Crippen molar-refractivity contribution in [1.29, 1.82) is 0 Å². The number of rotatable bonds is 7. The minimum absolute atomic E-state index is 0.0159. The molecule has 3 aromatic carbocycles. The first-order chi connectivity index (χ1) is 16.6. The molecule has 1 unspecified atom stereocenters. The van der Waals surface area contributed by atoms with Crippen LogP contribution in [0, 0.1) is 5.82 Å². The number of carbonyl (C=O) groups excluding carboxylic acids is 1. The zero-order chi connectivity index (χ0) is 23.7. The number of ether oxygens (including phenoxy) is 1. The lowest BCUT2D eigenvalue weighted by atomic mass is 9.98. The highest BCUT2D eigenvalue weighted by atomic mass is 19.1. The van der Waals surface area contributed by atoms with Crippen LogP contribution in [0.4, 0.5) is 10.1 Å². The summed E-state index contributed by atoms with van der Waals surface area (Å²) in [5.41, 5.74) is 1.36. The van der Waals surface area contributed by atoms with Gasteiger partial charge in [0.05, 0.1) is 23.6 Å². The summed E-state index contributed by atoms with van der Waals surface area (Å²) in [6.45, 7) is 2.78. The molecule has 1 atom stereocenters. The van der Waals surface area contributed by atoms with Crippen molar-refractivity contribution < 1.29 is 18.3 Å². The molecule has 1 amide bonds. The summed E-state index contributed by atoms with van der Waals surface area (Å²) in [4.78, 5) is 28.6. The van der Waals surface area contributed by atoms with Crippen LogP contribution < -0.4 is 15.1 Å². The number of benzene rings is 3. The Morgan fingerprint density at radius 1 is 0.971 bits per heavy atom. The van der Waals surface area contributed by atoms with Gasteiger partial charge in [-0.15, -0.1) is 0 Å². The second-order valence-corrected chi connectivity index (χ2v) is 8.35. The molecule has 0 saturated carbocycles. The van der Waals surface area contributed by atoms with Gasteiger partial charge < -0.3 is 9.15 Å². The number of nitrogens with zero attached hydrogens (tertiary/aromatic N) is 1. The highest BCUT2D eigenvalue weighted by molar-refractivity contribution is 6.10. The summed E-state index contributed by atoms with van der Waals surface area (Å²) in [6.07, 6.45) is 3.21. The smallest absolute Gasteiger partial charge is 0.295 e. The van der Waals surface area contributed by atoms with E-state index < -0.39 is 23.2 Å². The highest BCUT2D eigenvalue weighted by Crippen LogP contribution is 2.41. The van der Waals surface area contributed by atoms with E-state index in [1.54, 1.807) is 4.90 Å². The molecule has 0 aliphatic carbocycles. The Bertz CT molecular complexity index is 1400. The lowest BCUT2D eigenvalue weighted by Gasteiger charge is -2.25. The van der Waals surface area contributed by atoms with Crippen LogP contribution >= 0.6 is 0 Å². The summed E-state index contributed by atoms with van der Waals surface area (Å²) in [7, 11) is 0. The Hall–Kier alpha value is -3.93. The number of fused-ring (bicyclic) bond motifs is 2. The van der Waals surface area contributed by atoms with E-state index >= 15 is 0 Å². The number of hydrogen-bond acceptors (Lipinski definition) is 4. The SMILES string of the molecule is CCCCCOc1ccc(C2c3c(oc4ccc(F)cc4c3=O)C(=O)N2c2ccccc2)cc1. The minimum atomic E-state index is -0.706. The fraction of sp³-hybridized carbons (Fsp3) is 0.214. The number of anilines is 1. The minimum Gasteiger partial charge on any atom is -0.494 e. The first-order valence-electron chi connectivity index (χ1n) is 11.5. The maximum absolute atomic E-state index is 13.9. The molecular weight excluding hydrogens is 433 g/mol. The summed E-state index contributed by atoms with van der Waals surface area (Å²) in [6, 6.07) is 19.6. The lowest BCUT2D eigenvalue weighted by Crippen LogP contribution is -2.29. The van der Waals surface area contributed by atoms with Crippen molar-refractivity contribution in [1.82, 2.24) is 0 Å². The van der Waals surface area contributed by atoms with Crippen LogP contribution in [0.25, 0.3) is 11.0 Å². The molecule has 0 saturated heterocycles. The number of hydrogen-bond donors (Lipinski definition) is 0.